The van der Waals surface area contributed by atoms with Crippen LogP contribution in [0.5, 0.6) is 0 Å². The van der Waals surface area contributed by atoms with Crippen LogP contribution in [0.1, 0.15) is 11.1 Å². The molecule has 0 bridgehead atoms. The van der Waals surface area contributed by atoms with Gasteiger partial charge in [0.05, 0.1) is 0 Å². The van der Waals surface area contributed by atoms with Gasteiger partial charge in [0.1, 0.15) is 15.8 Å². The molecule has 0 unspecified atom stereocenters. The molecule has 2 rings (SSSR count). The molecule has 0 spiro atoms. The van der Waals surface area contributed by atoms with Crippen molar-refractivity contribution < 1.29 is 17.2 Å². The van der Waals surface area contributed by atoms with E-state index in [0.29, 0.717) is 5.56 Å². The topological polar surface area (TPSA) is 72.2 Å². The Morgan fingerprint density at radius 3 is 2.33 bits per heavy atom. The minimum absolute atomic E-state index is 0.0566. The first-order valence-electron chi connectivity index (χ1n) is 6.13. The lowest BCUT2D eigenvalue weighted by Gasteiger charge is -2.05. The van der Waals surface area contributed by atoms with Gasteiger partial charge in [0.15, 0.2) is 0 Å². The van der Waals surface area contributed by atoms with E-state index in [4.69, 9.17) is 5.73 Å². The van der Waals surface area contributed by atoms with Gasteiger partial charge >= 0.3 is 0 Å². The summed E-state index contributed by atoms with van der Waals surface area (Å²) in [6.07, 6.45) is 0.197. The van der Waals surface area contributed by atoms with Crippen LogP contribution in [0, 0.1) is 11.6 Å². The summed E-state index contributed by atoms with van der Waals surface area (Å²) in [5, 5.41) is 1.68. The van der Waals surface area contributed by atoms with Gasteiger partial charge in [-0.3, -0.25) is 0 Å². The zero-order valence-corrected chi connectivity index (χ0v) is 12.6. The molecule has 0 aliphatic carbocycles. The number of nitrogens with two attached hydrogens (primary N) is 1. The predicted octanol–water partition coefficient (Wildman–Crippen LogP) is 2.01. The Labute approximate surface area is 125 Å². The van der Waals surface area contributed by atoms with Crippen molar-refractivity contribution in [2.24, 2.45) is 5.73 Å². The van der Waals surface area contributed by atoms with E-state index in [1.165, 1.54) is 18.2 Å². The fraction of sp³-hybridized carbons (Fsp3) is 0.231. The SMILES string of the molecule is NCc1csc(S(=O)(=O)NCCc2cc(F)cc(F)c2)c1. The third-order valence-electron chi connectivity index (χ3n) is 2.76. The average Bonchev–Trinajstić information content (AvgIpc) is 2.86. The summed E-state index contributed by atoms with van der Waals surface area (Å²) in [5.41, 5.74) is 6.57. The van der Waals surface area contributed by atoms with Crippen LogP contribution in [0.3, 0.4) is 0 Å². The van der Waals surface area contributed by atoms with Gasteiger partial charge in [0, 0.05) is 19.2 Å². The Kier molecular flexibility index (Phi) is 5.04. The molecule has 0 radical (unpaired) electrons. The molecule has 0 saturated heterocycles. The first-order chi connectivity index (χ1) is 9.90. The van der Waals surface area contributed by atoms with Crippen molar-refractivity contribution in [1.82, 2.24) is 4.72 Å². The van der Waals surface area contributed by atoms with E-state index >= 15 is 0 Å². The van der Waals surface area contributed by atoms with E-state index in [9.17, 15) is 17.2 Å². The predicted molar refractivity (Wildman–Crippen MR) is 77.5 cm³/mol. The zero-order valence-electron chi connectivity index (χ0n) is 11.0. The Hall–Kier alpha value is -1.35. The highest BCUT2D eigenvalue weighted by Crippen LogP contribution is 2.19. The van der Waals surface area contributed by atoms with Gasteiger partial charge < -0.3 is 5.73 Å². The van der Waals surface area contributed by atoms with Crippen molar-refractivity contribution >= 4 is 21.4 Å². The lowest BCUT2D eigenvalue weighted by atomic mass is 10.1. The number of benzene rings is 1. The number of nitrogens with one attached hydrogen (secondary N) is 1. The highest BCUT2D eigenvalue weighted by molar-refractivity contribution is 7.91. The molecule has 0 fully saturated rings. The first kappa shape index (κ1) is 16.0. The van der Waals surface area contributed by atoms with Gasteiger partial charge in [0.2, 0.25) is 10.0 Å². The summed E-state index contributed by atoms with van der Waals surface area (Å²) in [5.74, 6) is -1.36. The van der Waals surface area contributed by atoms with Crippen LogP contribution in [-0.4, -0.2) is 15.0 Å². The van der Waals surface area contributed by atoms with Crippen LogP contribution in [0.4, 0.5) is 8.78 Å². The Morgan fingerprint density at radius 2 is 1.76 bits per heavy atom. The maximum Gasteiger partial charge on any atom is 0.250 e. The fourth-order valence-corrected chi connectivity index (χ4v) is 4.06. The van der Waals surface area contributed by atoms with Gasteiger partial charge in [0.25, 0.3) is 0 Å². The zero-order chi connectivity index (χ0) is 15.5. The van der Waals surface area contributed by atoms with Gasteiger partial charge in [-0.25, -0.2) is 21.9 Å². The molecular weight excluding hydrogens is 318 g/mol. The molecule has 114 valence electrons. The smallest absolute Gasteiger partial charge is 0.250 e. The molecule has 8 heteroatoms. The van der Waals surface area contributed by atoms with Crippen molar-refractivity contribution in [2.45, 2.75) is 17.2 Å². The quantitative estimate of drug-likeness (QED) is 0.850. The number of hydrogen-bond donors (Lipinski definition) is 2. The molecule has 0 saturated carbocycles. The standard InChI is InChI=1S/C13H14F2N2O2S2/c14-11-3-9(4-12(15)6-11)1-2-17-21(18,19)13-5-10(7-16)8-20-13/h3-6,8,17H,1-2,7,16H2. The number of rotatable bonds is 6. The largest absolute Gasteiger partial charge is 0.326 e. The van der Waals surface area contributed by atoms with E-state index < -0.39 is 21.7 Å². The van der Waals surface area contributed by atoms with E-state index in [2.05, 4.69) is 4.72 Å². The van der Waals surface area contributed by atoms with Crippen LogP contribution in [0.2, 0.25) is 0 Å². The molecule has 4 nitrogen and oxygen atoms in total. The van der Waals surface area contributed by atoms with Crippen molar-refractivity contribution in [3.63, 3.8) is 0 Å². The van der Waals surface area contributed by atoms with E-state index in [1.807, 2.05) is 0 Å². The highest BCUT2D eigenvalue weighted by atomic mass is 32.2. The van der Waals surface area contributed by atoms with Crippen LogP contribution < -0.4 is 10.5 Å². The summed E-state index contributed by atoms with van der Waals surface area (Å²) < 4.78 is 52.6. The van der Waals surface area contributed by atoms with Crippen LogP contribution in [-0.2, 0) is 23.0 Å². The van der Waals surface area contributed by atoms with Crippen LogP contribution >= 0.6 is 11.3 Å². The lowest BCUT2D eigenvalue weighted by molar-refractivity contribution is 0.577. The molecular formula is C13H14F2N2O2S2. The van der Waals surface area contributed by atoms with Crippen molar-refractivity contribution in [3.05, 3.63) is 52.4 Å². The Morgan fingerprint density at radius 1 is 1.10 bits per heavy atom. The number of sulfonamides is 1. The molecule has 0 aliphatic heterocycles. The number of thiophene rings is 1. The Bertz CT molecular complexity index is 709. The monoisotopic (exact) mass is 332 g/mol. The van der Waals surface area contributed by atoms with Gasteiger partial charge in [-0.05, 0) is 41.1 Å². The third kappa shape index (κ3) is 4.31. The normalized spacial score (nSPS) is 11.8. The number of hydrogen-bond acceptors (Lipinski definition) is 4. The van der Waals surface area contributed by atoms with Gasteiger partial charge in [-0.15, -0.1) is 11.3 Å². The van der Waals surface area contributed by atoms with Crippen molar-refractivity contribution in [3.8, 4) is 0 Å². The van der Waals surface area contributed by atoms with Crippen LogP contribution in [0.15, 0.2) is 33.9 Å². The summed E-state index contributed by atoms with van der Waals surface area (Å²) in [7, 11) is -3.61. The minimum atomic E-state index is -3.61. The van der Waals surface area contributed by atoms with Crippen molar-refractivity contribution in [1.29, 1.82) is 0 Å². The summed E-state index contributed by atoms with van der Waals surface area (Å²) >= 11 is 1.08. The molecule has 3 N–H and O–H groups in total. The maximum atomic E-state index is 13.0. The molecule has 1 aromatic carbocycles. The second kappa shape index (κ2) is 6.61. The first-order valence-corrected chi connectivity index (χ1v) is 8.49. The molecule has 0 atom stereocenters. The minimum Gasteiger partial charge on any atom is -0.326 e. The molecule has 21 heavy (non-hydrogen) atoms. The molecule has 1 heterocycles. The fourth-order valence-electron chi connectivity index (χ4n) is 1.76. The second-order valence-electron chi connectivity index (χ2n) is 4.40. The third-order valence-corrected chi connectivity index (χ3v) is 5.71. The highest BCUT2D eigenvalue weighted by Gasteiger charge is 2.16. The summed E-state index contributed by atoms with van der Waals surface area (Å²) in [6, 6.07) is 4.63. The summed E-state index contributed by atoms with van der Waals surface area (Å²) in [4.78, 5) is 0. The Balaban J connectivity index is 1.98. The van der Waals surface area contributed by atoms with Crippen molar-refractivity contribution in [2.75, 3.05) is 6.54 Å². The number of halogens is 2. The van der Waals surface area contributed by atoms with Gasteiger partial charge in [-0.1, -0.05) is 0 Å². The van der Waals surface area contributed by atoms with E-state index in [1.54, 1.807) is 5.38 Å². The molecule has 0 aliphatic rings. The molecule has 1 aromatic heterocycles. The van der Waals surface area contributed by atoms with E-state index in [0.717, 1.165) is 23.0 Å². The molecule has 2 aromatic rings. The summed E-state index contributed by atoms with van der Waals surface area (Å²) in [6.45, 7) is 0.329. The average molecular weight is 332 g/mol. The van der Waals surface area contributed by atoms with Gasteiger partial charge in [-0.2, -0.15) is 0 Å². The second-order valence-corrected chi connectivity index (χ2v) is 7.31. The lowest BCUT2D eigenvalue weighted by Crippen LogP contribution is -2.25. The van der Waals surface area contributed by atoms with E-state index in [-0.39, 0.29) is 23.7 Å². The van der Waals surface area contributed by atoms with Crippen LogP contribution in [0.25, 0.3) is 0 Å². The molecule has 0 amide bonds. The maximum absolute atomic E-state index is 13.0.